The molecular formula is C19H22F4IN3O2. The van der Waals surface area contributed by atoms with Crippen LogP contribution in [-0.2, 0) is 6.54 Å². The van der Waals surface area contributed by atoms with Crippen LogP contribution in [0.4, 0.5) is 23.2 Å². The van der Waals surface area contributed by atoms with Crippen LogP contribution in [0.15, 0.2) is 29.3 Å². The first-order valence-corrected chi connectivity index (χ1v) is 8.59. The molecule has 0 fully saturated rings. The van der Waals surface area contributed by atoms with Gasteiger partial charge in [-0.1, -0.05) is 0 Å². The minimum absolute atomic E-state index is 0. The van der Waals surface area contributed by atoms with Crippen molar-refractivity contribution in [2.45, 2.75) is 20.4 Å². The zero-order valence-corrected chi connectivity index (χ0v) is 18.4. The molecule has 0 radical (unpaired) electrons. The first kappa shape index (κ1) is 24.8. The van der Waals surface area contributed by atoms with Gasteiger partial charge < -0.3 is 20.1 Å². The second kappa shape index (κ2) is 11.7. The van der Waals surface area contributed by atoms with Gasteiger partial charge in [-0.2, -0.15) is 0 Å². The van der Waals surface area contributed by atoms with Crippen LogP contribution in [0.3, 0.4) is 0 Å². The number of halogens is 5. The number of guanidine groups is 1. The number of benzene rings is 2. The molecule has 0 aliphatic heterocycles. The van der Waals surface area contributed by atoms with E-state index in [0.29, 0.717) is 30.3 Å². The monoisotopic (exact) mass is 527 g/mol. The molecule has 2 aromatic rings. The molecule has 2 aromatic carbocycles. The Morgan fingerprint density at radius 2 is 1.66 bits per heavy atom. The van der Waals surface area contributed by atoms with Crippen LogP contribution in [0.2, 0.25) is 0 Å². The summed E-state index contributed by atoms with van der Waals surface area (Å²) in [4.78, 5) is 4.01. The highest BCUT2D eigenvalue weighted by atomic mass is 127. The lowest BCUT2D eigenvalue weighted by molar-refractivity contribution is 0.311. The molecule has 0 unspecified atom stereocenters. The van der Waals surface area contributed by atoms with Gasteiger partial charge >= 0.3 is 0 Å². The summed E-state index contributed by atoms with van der Waals surface area (Å²) in [6, 6.07) is 5.20. The molecule has 0 spiro atoms. The maximum Gasteiger partial charge on any atom is 0.196 e. The molecule has 0 aliphatic carbocycles. The summed E-state index contributed by atoms with van der Waals surface area (Å²) >= 11 is 0. The van der Waals surface area contributed by atoms with E-state index >= 15 is 0 Å². The van der Waals surface area contributed by atoms with Crippen molar-refractivity contribution in [3.05, 3.63) is 53.1 Å². The number of methoxy groups -OCH3 is 1. The van der Waals surface area contributed by atoms with Crippen LogP contribution < -0.4 is 20.1 Å². The van der Waals surface area contributed by atoms with E-state index in [0.717, 1.165) is 0 Å². The second-order valence-electron chi connectivity index (χ2n) is 5.57. The van der Waals surface area contributed by atoms with Crippen LogP contribution in [0, 0.1) is 23.3 Å². The Kier molecular flexibility index (Phi) is 9.99. The van der Waals surface area contributed by atoms with Gasteiger partial charge in [-0.25, -0.2) is 22.6 Å². The Morgan fingerprint density at radius 3 is 2.21 bits per heavy atom. The highest BCUT2D eigenvalue weighted by Gasteiger charge is 2.18. The van der Waals surface area contributed by atoms with Gasteiger partial charge in [-0.05, 0) is 26.0 Å². The Balaban J connectivity index is 0.00000420. The Morgan fingerprint density at radius 1 is 1.00 bits per heavy atom. The lowest BCUT2D eigenvalue weighted by Crippen LogP contribution is -2.30. The smallest absolute Gasteiger partial charge is 0.196 e. The van der Waals surface area contributed by atoms with E-state index in [4.69, 9.17) is 9.47 Å². The molecule has 10 heteroatoms. The van der Waals surface area contributed by atoms with E-state index in [1.165, 1.54) is 7.11 Å². The zero-order chi connectivity index (χ0) is 20.7. The van der Waals surface area contributed by atoms with Crippen LogP contribution in [0.1, 0.15) is 19.4 Å². The van der Waals surface area contributed by atoms with E-state index in [2.05, 4.69) is 15.6 Å². The molecule has 5 nitrogen and oxygen atoms in total. The summed E-state index contributed by atoms with van der Waals surface area (Å²) in [7, 11) is 1.49. The Hall–Kier alpha value is -2.24. The van der Waals surface area contributed by atoms with Crippen molar-refractivity contribution in [3.8, 4) is 11.5 Å². The predicted octanol–water partition coefficient (Wildman–Crippen LogP) is 4.85. The molecule has 160 valence electrons. The van der Waals surface area contributed by atoms with E-state index in [1.807, 2.05) is 6.92 Å². The van der Waals surface area contributed by atoms with Crippen molar-refractivity contribution in [3.63, 3.8) is 0 Å². The SMILES string of the molecule is CCNC(=NCc1c(F)c(F)cc(F)c1F)Nc1ccc(OCC)c(OC)c1.I. The first-order chi connectivity index (χ1) is 13.4. The molecule has 0 aliphatic rings. The van der Waals surface area contributed by atoms with Crippen LogP contribution in [0.5, 0.6) is 11.5 Å². The van der Waals surface area contributed by atoms with Gasteiger partial charge in [0.15, 0.2) is 40.7 Å². The van der Waals surface area contributed by atoms with Crippen LogP contribution in [-0.4, -0.2) is 26.2 Å². The number of nitrogens with zero attached hydrogens (tertiary/aromatic N) is 1. The molecule has 0 amide bonds. The van der Waals surface area contributed by atoms with Gasteiger partial charge in [0.2, 0.25) is 0 Å². The number of nitrogens with one attached hydrogen (secondary N) is 2. The summed E-state index contributed by atoms with van der Waals surface area (Å²) in [5.41, 5.74) is -0.231. The molecule has 0 heterocycles. The zero-order valence-electron chi connectivity index (χ0n) is 16.1. The van der Waals surface area contributed by atoms with E-state index in [1.54, 1.807) is 25.1 Å². The topological polar surface area (TPSA) is 54.9 Å². The molecular weight excluding hydrogens is 505 g/mol. The van der Waals surface area contributed by atoms with Crippen molar-refractivity contribution in [2.24, 2.45) is 4.99 Å². The highest BCUT2D eigenvalue weighted by Crippen LogP contribution is 2.30. The fourth-order valence-electron chi connectivity index (χ4n) is 2.38. The normalized spacial score (nSPS) is 10.9. The lowest BCUT2D eigenvalue weighted by Gasteiger charge is -2.14. The summed E-state index contributed by atoms with van der Waals surface area (Å²) in [5.74, 6) is -4.69. The molecule has 2 N–H and O–H groups in total. The van der Waals surface area contributed by atoms with Crippen molar-refractivity contribution in [2.75, 3.05) is 25.6 Å². The lowest BCUT2D eigenvalue weighted by atomic mass is 10.2. The molecule has 0 saturated heterocycles. The molecule has 0 bridgehead atoms. The minimum Gasteiger partial charge on any atom is -0.493 e. The molecule has 0 aromatic heterocycles. The maximum absolute atomic E-state index is 13.8. The van der Waals surface area contributed by atoms with Crippen LogP contribution >= 0.6 is 24.0 Å². The number of hydrogen-bond donors (Lipinski definition) is 2. The largest absolute Gasteiger partial charge is 0.493 e. The van der Waals surface area contributed by atoms with E-state index < -0.39 is 35.4 Å². The standard InChI is InChI=1S/C19H21F4N3O2.HI/c1-4-24-19(25-10-12-17(22)13(20)9-14(21)18(12)23)26-11-6-7-15(28-5-2)16(8-11)27-3;/h6-9H,4-5,10H2,1-3H3,(H2,24,25,26);1H. The fraction of sp³-hybridized carbons (Fsp3) is 0.316. The average Bonchev–Trinajstić information content (AvgIpc) is 2.67. The molecule has 29 heavy (non-hydrogen) atoms. The number of anilines is 1. The maximum atomic E-state index is 13.8. The molecule has 0 atom stereocenters. The second-order valence-corrected chi connectivity index (χ2v) is 5.57. The Bertz CT molecular complexity index is 840. The van der Waals surface area contributed by atoms with Gasteiger partial charge in [0.25, 0.3) is 0 Å². The van der Waals surface area contributed by atoms with Gasteiger partial charge in [0, 0.05) is 24.4 Å². The van der Waals surface area contributed by atoms with E-state index in [-0.39, 0.29) is 36.0 Å². The Labute approximate surface area is 183 Å². The number of aliphatic imine (C=N–C) groups is 1. The third-order valence-corrected chi connectivity index (χ3v) is 3.67. The third-order valence-electron chi connectivity index (χ3n) is 3.67. The first-order valence-electron chi connectivity index (χ1n) is 8.59. The number of rotatable bonds is 7. The third kappa shape index (κ3) is 6.38. The average molecular weight is 527 g/mol. The fourth-order valence-corrected chi connectivity index (χ4v) is 2.38. The summed E-state index contributed by atoms with van der Waals surface area (Å²) in [6.45, 7) is 3.95. The van der Waals surface area contributed by atoms with Gasteiger partial charge in [-0.15, -0.1) is 24.0 Å². The predicted molar refractivity (Wildman–Crippen MR) is 114 cm³/mol. The van der Waals surface area contributed by atoms with Gasteiger partial charge in [0.05, 0.1) is 25.8 Å². The summed E-state index contributed by atoms with van der Waals surface area (Å²) in [5, 5.41) is 5.81. The van der Waals surface area contributed by atoms with Crippen molar-refractivity contribution >= 4 is 35.6 Å². The van der Waals surface area contributed by atoms with Crippen LogP contribution in [0.25, 0.3) is 0 Å². The highest BCUT2D eigenvalue weighted by molar-refractivity contribution is 14.0. The summed E-state index contributed by atoms with van der Waals surface area (Å²) < 4.78 is 65.0. The minimum atomic E-state index is -1.47. The molecule has 0 saturated carbocycles. The van der Waals surface area contributed by atoms with E-state index in [9.17, 15) is 17.6 Å². The quantitative estimate of drug-likeness (QED) is 0.178. The van der Waals surface area contributed by atoms with Crippen molar-refractivity contribution < 1.29 is 27.0 Å². The number of hydrogen-bond acceptors (Lipinski definition) is 3. The van der Waals surface area contributed by atoms with Gasteiger partial charge in [0.1, 0.15) is 0 Å². The van der Waals surface area contributed by atoms with Gasteiger partial charge in [-0.3, -0.25) is 0 Å². The molecule has 2 rings (SSSR count). The van der Waals surface area contributed by atoms with Crippen molar-refractivity contribution in [1.29, 1.82) is 0 Å². The summed E-state index contributed by atoms with van der Waals surface area (Å²) in [6.07, 6.45) is 0. The van der Waals surface area contributed by atoms with Crippen molar-refractivity contribution in [1.82, 2.24) is 5.32 Å². The number of ether oxygens (including phenoxy) is 2.